The van der Waals surface area contributed by atoms with Gasteiger partial charge in [0, 0.05) is 35.3 Å². The lowest BCUT2D eigenvalue weighted by molar-refractivity contribution is -0.147. The highest BCUT2D eigenvalue weighted by Gasteiger charge is 2.34. The monoisotopic (exact) mass is 492 g/mol. The van der Waals surface area contributed by atoms with E-state index in [1.54, 1.807) is 31.0 Å². The Balaban J connectivity index is 1.30. The van der Waals surface area contributed by atoms with Crippen molar-refractivity contribution in [3.8, 4) is 5.75 Å². The molecule has 182 valence electrons. The SMILES string of the molecule is COc1cc2[nH]ncc2cc1Nc1ncnc2sc3c(c12)CCC(C(=O)N1CC(C)OC(C)C1)C3. The number of aromatic nitrogens is 4. The van der Waals surface area contributed by atoms with E-state index >= 15 is 0 Å². The van der Waals surface area contributed by atoms with Crippen molar-refractivity contribution in [1.29, 1.82) is 0 Å². The van der Waals surface area contributed by atoms with Crippen LogP contribution in [0.5, 0.6) is 5.75 Å². The summed E-state index contributed by atoms with van der Waals surface area (Å²) >= 11 is 1.67. The molecule has 1 amide bonds. The molecular formula is C25H28N6O3S. The number of benzene rings is 1. The average molecular weight is 493 g/mol. The number of H-pyrrole nitrogens is 1. The first kappa shape index (κ1) is 22.2. The van der Waals surface area contributed by atoms with Crippen molar-refractivity contribution in [2.24, 2.45) is 5.92 Å². The summed E-state index contributed by atoms with van der Waals surface area (Å²) in [6.45, 7) is 5.41. The lowest BCUT2D eigenvalue weighted by Crippen LogP contribution is -2.50. The number of anilines is 2. The minimum Gasteiger partial charge on any atom is -0.494 e. The molecule has 0 bridgehead atoms. The number of carbonyl (C=O) groups excluding carboxylic acids is 1. The maximum atomic E-state index is 13.3. The minimum absolute atomic E-state index is 0.000947. The van der Waals surface area contributed by atoms with Gasteiger partial charge >= 0.3 is 0 Å². The fourth-order valence-electron chi connectivity index (χ4n) is 5.40. The number of rotatable bonds is 4. The van der Waals surface area contributed by atoms with Gasteiger partial charge in [0.15, 0.2) is 0 Å². The topological polar surface area (TPSA) is 105 Å². The second kappa shape index (κ2) is 8.76. The Hall–Kier alpha value is -3.24. The summed E-state index contributed by atoms with van der Waals surface area (Å²) in [6.07, 6.45) is 5.95. The maximum Gasteiger partial charge on any atom is 0.226 e. The number of hydrogen-bond acceptors (Lipinski definition) is 8. The quantitative estimate of drug-likeness (QED) is 0.443. The average Bonchev–Trinajstić information content (AvgIpc) is 3.46. The normalized spacial score (nSPS) is 22.4. The summed E-state index contributed by atoms with van der Waals surface area (Å²) in [5.41, 5.74) is 2.98. The van der Waals surface area contributed by atoms with Crippen molar-refractivity contribution >= 4 is 49.9 Å². The molecule has 10 heteroatoms. The molecule has 6 rings (SSSR count). The Kier molecular flexibility index (Phi) is 5.57. The summed E-state index contributed by atoms with van der Waals surface area (Å²) in [7, 11) is 1.65. The zero-order chi connectivity index (χ0) is 24.1. The predicted octanol–water partition coefficient (Wildman–Crippen LogP) is 4.06. The number of amides is 1. The first-order valence-corrected chi connectivity index (χ1v) is 12.8. The Labute approximate surface area is 206 Å². The smallest absolute Gasteiger partial charge is 0.226 e. The first-order valence-electron chi connectivity index (χ1n) is 12.0. The van der Waals surface area contributed by atoms with Crippen molar-refractivity contribution in [3.05, 3.63) is 35.1 Å². The number of methoxy groups -OCH3 is 1. The largest absolute Gasteiger partial charge is 0.494 e. The molecule has 3 aromatic heterocycles. The highest BCUT2D eigenvalue weighted by atomic mass is 32.1. The molecule has 0 radical (unpaired) electrons. The van der Waals surface area contributed by atoms with Crippen molar-refractivity contribution in [3.63, 3.8) is 0 Å². The van der Waals surface area contributed by atoms with E-state index in [1.165, 1.54) is 10.4 Å². The Morgan fingerprint density at radius 1 is 1.26 bits per heavy atom. The van der Waals surface area contributed by atoms with Crippen LogP contribution in [0.1, 0.15) is 30.7 Å². The number of hydrogen-bond donors (Lipinski definition) is 2. The Morgan fingerprint density at radius 2 is 2.09 bits per heavy atom. The van der Waals surface area contributed by atoms with Crippen molar-refractivity contribution in [2.45, 2.75) is 45.3 Å². The van der Waals surface area contributed by atoms with Crippen LogP contribution >= 0.6 is 11.3 Å². The second-order valence-corrected chi connectivity index (χ2v) is 10.6. The molecule has 4 aromatic rings. The van der Waals surface area contributed by atoms with E-state index in [-0.39, 0.29) is 24.0 Å². The highest BCUT2D eigenvalue weighted by Crippen LogP contribution is 2.42. The molecule has 2 aliphatic rings. The molecule has 1 fully saturated rings. The summed E-state index contributed by atoms with van der Waals surface area (Å²) in [4.78, 5) is 26.7. The highest BCUT2D eigenvalue weighted by molar-refractivity contribution is 7.19. The molecular weight excluding hydrogens is 464 g/mol. The van der Waals surface area contributed by atoms with Crippen LogP contribution in [-0.4, -0.2) is 63.4 Å². The molecule has 4 heterocycles. The number of nitrogens with one attached hydrogen (secondary N) is 2. The second-order valence-electron chi connectivity index (χ2n) is 9.48. The zero-order valence-electron chi connectivity index (χ0n) is 20.0. The predicted molar refractivity (Wildman–Crippen MR) is 135 cm³/mol. The number of aryl methyl sites for hydroxylation is 1. The van der Waals surface area contributed by atoms with Gasteiger partial charge in [-0.15, -0.1) is 11.3 Å². The van der Waals surface area contributed by atoms with Crippen LogP contribution in [0.15, 0.2) is 24.7 Å². The van der Waals surface area contributed by atoms with Crippen molar-refractivity contribution in [2.75, 3.05) is 25.5 Å². The molecule has 1 aliphatic carbocycles. The summed E-state index contributed by atoms with van der Waals surface area (Å²) in [5, 5.41) is 12.6. The number of thiophene rings is 1. The third-order valence-electron chi connectivity index (χ3n) is 6.94. The number of ether oxygens (including phenoxy) is 2. The summed E-state index contributed by atoms with van der Waals surface area (Å²) < 4.78 is 11.4. The molecule has 0 spiro atoms. The number of aromatic amines is 1. The third-order valence-corrected chi connectivity index (χ3v) is 8.10. The third kappa shape index (κ3) is 4.00. The van der Waals surface area contributed by atoms with E-state index in [9.17, 15) is 4.79 Å². The molecule has 35 heavy (non-hydrogen) atoms. The fraction of sp³-hybridized carbons (Fsp3) is 0.440. The minimum atomic E-state index is 0.000947. The lowest BCUT2D eigenvalue weighted by atomic mass is 9.86. The van der Waals surface area contributed by atoms with Crippen LogP contribution in [0.3, 0.4) is 0 Å². The first-order chi connectivity index (χ1) is 17.0. The van der Waals surface area contributed by atoms with Crippen LogP contribution in [0.25, 0.3) is 21.1 Å². The van der Waals surface area contributed by atoms with Gasteiger partial charge in [-0.2, -0.15) is 5.10 Å². The van der Waals surface area contributed by atoms with Crippen molar-refractivity contribution < 1.29 is 14.3 Å². The van der Waals surface area contributed by atoms with Gasteiger partial charge in [-0.05, 0) is 44.7 Å². The molecule has 3 unspecified atom stereocenters. The molecule has 1 aromatic carbocycles. The zero-order valence-corrected chi connectivity index (χ0v) is 20.8. The standard InChI is InChI=1S/C25H28N6O3S/c1-13-10-31(11-14(2)34-13)25(32)15-4-5-17-21(7-15)35-24-22(17)23(26-12-27-24)29-19-6-16-9-28-30-18(16)8-20(19)33-3/h6,8-9,12-15H,4-5,7,10-11H2,1-3H3,(H,28,30)(H,26,27,29). The van der Waals surface area contributed by atoms with E-state index in [0.29, 0.717) is 18.8 Å². The molecule has 2 N–H and O–H groups in total. The molecule has 9 nitrogen and oxygen atoms in total. The van der Waals surface area contributed by atoms with Crippen LogP contribution in [0.2, 0.25) is 0 Å². The van der Waals surface area contributed by atoms with E-state index in [0.717, 1.165) is 51.9 Å². The van der Waals surface area contributed by atoms with E-state index in [4.69, 9.17) is 9.47 Å². The summed E-state index contributed by atoms with van der Waals surface area (Å²) in [5.74, 6) is 1.71. The number of nitrogens with zero attached hydrogens (tertiary/aromatic N) is 4. The van der Waals surface area contributed by atoms with Crippen LogP contribution in [0, 0.1) is 5.92 Å². The molecule has 0 saturated carbocycles. The Morgan fingerprint density at radius 3 is 2.89 bits per heavy atom. The number of fused-ring (bicyclic) bond motifs is 4. The molecule has 1 saturated heterocycles. The van der Waals surface area contributed by atoms with E-state index < -0.39 is 0 Å². The number of morpholine rings is 1. The van der Waals surface area contributed by atoms with Crippen LogP contribution in [0.4, 0.5) is 11.5 Å². The van der Waals surface area contributed by atoms with Gasteiger partial charge in [0.2, 0.25) is 5.91 Å². The van der Waals surface area contributed by atoms with Gasteiger partial charge < -0.3 is 19.7 Å². The van der Waals surface area contributed by atoms with Gasteiger partial charge in [-0.1, -0.05) is 0 Å². The maximum absolute atomic E-state index is 13.3. The van der Waals surface area contributed by atoms with Gasteiger partial charge in [-0.25, -0.2) is 9.97 Å². The lowest BCUT2D eigenvalue weighted by Gasteiger charge is -2.37. The Bertz CT molecular complexity index is 1410. The van der Waals surface area contributed by atoms with Crippen LogP contribution < -0.4 is 10.1 Å². The van der Waals surface area contributed by atoms with E-state index in [2.05, 4.69) is 25.5 Å². The molecule has 1 aliphatic heterocycles. The van der Waals surface area contributed by atoms with Gasteiger partial charge in [0.1, 0.15) is 22.7 Å². The van der Waals surface area contributed by atoms with Gasteiger partial charge in [0.25, 0.3) is 0 Å². The van der Waals surface area contributed by atoms with E-state index in [1.807, 2.05) is 30.9 Å². The summed E-state index contributed by atoms with van der Waals surface area (Å²) in [6, 6.07) is 3.93. The van der Waals surface area contributed by atoms with Crippen LogP contribution in [-0.2, 0) is 22.4 Å². The van der Waals surface area contributed by atoms with Gasteiger partial charge in [0.05, 0.1) is 42.1 Å². The van der Waals surface area contributed by atoms with Crippen molar-refractivity contribution in [1.82, 2.24) is 25.1 Å². The fourth-order valence-corrected chi connectivity index (χ4v) is 6.66. The van der Waals surface area contributed by atoms with Gasteiger partial charge in [-0.3, -0.25) is 9.89 Å². The number of carbonyl (C=O) groups is 1. The molecule has 3 atom stereocenters.